The number of nitrogens with one attached hydrogen (secondary N) is 1. The van der Waals surface area contributed by atoms with E-state index in [1.165, 1.54) is 11.3 Å². The van der Waals surface area contributed by atoms with E-state index in [2.05, 4.69) is 19.9 Å². The second-order valence-corrected chi connectivity index (χ2v) is 6.41. The van der Waals surface area contributed by atoms with Crippen LogP contribution in [-0.2, 0) is 6.54 Å². The zero-order valence-electron chi connectivity index (χ0n) is 13.2. The number of aliphatic hydroxyl groups excluding tert-OH is 1. The highest BCUT2D eigenvalue weighted by Crippen LogP contribution is 2.30. The molecule has 4 rings (SSSR count). The van der Waals surface area contributed by atoms with E-state index in [0.29, 0.717) is 34.7 Å². The lowest BCUT2D eigenvalue weighted by atomic mass is 10.2. The SMILES string of the molecule is O=c1[nH]c(-c2cn(CCCO)cn2)nc2c(-c3ccccn3)csc12. The van der Waals surface area contributed by atoms with Crippen molar-refractivity contribution in [1.29, 1.82) is 0 Å². The van der Waals surface area contributed by atoms with Crippen molar-refractivity contribution in [3.63, 3.8) is 0 Å². The summed E-state index contributed by atoms with van der Waals surface area (Å²) in [5.74, 6) is 0.427. The fourth-order valence-corrected chi connectivity index (χ4v) is 3.50. The zero-order valence-corrected chi connectivity index (χ0v) is 14.0. The van der Waals surface area contributed by atoms with Crippen molar-refractivity contribution >= 4 is 21.6 Å². The van der Waals surface area contributed by atoms with Gasteiger partial charge in [-0.2, -0.15) is 0 Å². The van der Waals surface area contributed by atoms with Crippen LogP contribution in [-0.4, -0.2) is 36.2 Å². The molecule has 4 aromatic heterocycles. The van der Waals surface area contributed by atoms with Crippen LogP contribution in [0.5, 0.6) is 0 Å². The van der Waals surface area contributed by atoms with E-state index in [1.54, 1.807) is 12.5 Å². The Morgan fingerprint density at radius 2 is 2.16 bits per heavy atom. The Morgan fingerprint density at radius 3 is 2.96 bits per heavy atom. The van der Waals surface area contributed by atoms with Crippen LogP contribution in [0, 0.1) is 0 Å². The van der Waals surface area contributed by atoms with Crippen LogP contribution >= 0.6 is 11.3 Å². The molecule has 0 unspecified atom stereocenters. The van der Waals surface area contributed by atoms with Crippen molar-refractivity contribution in [2.45, 2.75) is 13.0 Å². The fourth-order valence-electron chi connectivity index (χ4n) is 2.61. The number of hydrogen-bond acceptors (Lipinski definition) is 6. The molecular formula is C17H15N5O2S. The van der Waals surface area contributed by atoms with Crippen molar-refractivity contribution in [2.24, 2.45) is 0 Å². The zero-order chi connectivity index (χ0) is 17.2. The molecule has 126 valence electrons. The van der Waals surface area contributed by atoms with Crippen LogP contribution in [0.25, 0.3) is 33.0 Å². The second kappa shape index (κ2) is 6.58. The minimum Gasteiger partial charge on any atom is -0.396 e. The van der Waals surface area contributed by atoms with Crippen LogP contribution in [0.1, 0.15) is 6.42 Å². The first-order valence-corrected chi connectivity index (χ1v) is 8.70. The van der Waals surface area contributed by atoms with Crippen molar-refractivity contribution in [3.05, 3.63) is 52.7 Å². The summed E-state index contributed by atoms with van der Waals surface area (Å²) in [6.45, 7) is 0.782. The van der Waals surface area contributed by atoms with Gasteiger partial charge < -0.3 is 14.7 Å². The van der Waals surface area contributed by atoms with Gasteiger partial charge in [-0.3, -0.25) is 9.78 Å². The van der Waals surface area contributed by atoms with Crippen molar-refractivity contribution in [1.82, 2.24) is 24.5 Å². The summed E-state index contributed by atoms with van der Waals surface area (Å²) in [7, 11) is 0. The maximum Gasteiger partial charge on any atom is 0.269 e. The molecule has 7 nitrogen and oxygen atoms in total. The predicted octanol–water partition coefficient (Wildman–Crippen LogP) is 2.29. The number of thiophene rings is 1. The molecule has 8 heteroatoms. The number of nitrogens with zero attached hydrogens (tertiary/aromatic N) is 4. The van der Waals surface area contributed by atoms with E-state index in [4.69, 9.17) is 5.11 Å². The highest BCUT2D eigenvalue weighted by Gasteiger charge is 2.15. The van der Waals surface area contributed by atoms with Crippen molar-refractivity contribution < 1.29 is 5.11 Å². The molecule has 0 saturated heterocycles. The monoisotopic (exact) mass is 353 g/mol. The maximum absolute atomic E-state index is 12.4. The van der Waals surface area contributed by atoms with Gasteiger partial charge in [-0.25, -0.2) is 9.97 Å². The molecule has 0 bridgehead atoms. The largest absolute Gasteiger partial charge is 0.396 e. The average molecular weight is 353 g/mol. The third-order valence-corrected chi connectivity index (χ3v) is 4.79. The molecule has 0 fully saturated rings. The van der Waals surface area contributed by atoms with Gasteiger partial charge in [0.25, 0.3) is 5.56 Å². The first-order valence-electron chi connectivity index (χ1n) is 7.82. The Hall–Kier alpha value is -2.84. The average Bonchev–Trinajstić information content (AvgIpc) is 3.28. The molecule has 4 aromatic rings. The second-order valence-electron chi connectivity index (χ2n) is 5.53. The van der Waals surface area contributed by atoms with Gasteiger partial charge in [-0.05, 0) is 18.6 Å². The summed E-state index contributed by atoms with van der Waals surface area (Å²) >= 11 is 1.36. The molecule has 0 amide bonds. The third-order valence-electron chi connectivity index (χ3n) is 3.82. The molecule has 4 heterocycles. The van der Waals surface area contributed by atoms with E-state index >= 15 is 0 Å². The summed E-state index contributed by atoms with van der Waals surface area (Å²) < 4.78 is 2.44. The Morgan fingerprint density at radius 1 is 1.24 bits per heavy atom. The molecule has 0 spiro atoms. The van der Waals surface area contributed by atoms with Crippen molar-refractivity contribution in [3.8, 4) is 22.8 Å². The summed E-state index contributed by atoms with van der Waals surface area (Å²) in [6.07, 6.45) is 5.85. The molecule has 0 aromatic carbocycles. The standard InChI is InChI=1S/C17H15N5O2S/c23-7-3-6-22-8-13(19-10-22)16-20-14-11(12-4-1-2-5-18-12)9-25-15(14)17(24)21-16/h1-2,4-5,8-10,23H,3,6-7H2,(H,20,21,24). The lowest BCUT2D eigenvalue weighted by molar-refractivity contribution is 0.280. The predicted molar refractivity (Wildman–Crippen MR) is 96.4 cm³/mol. The van der Waals surface area contributed by atoms with Crippen LogP contribution in [0.15, 0.2) is 47.1 Å². The minimum atomic E-state index is -0.183. The number of rotatable bonds is 5. The highest BCUT2D eigenvalue weighted by atomic mass is 32.1. The minimum absolute atomic E-state index is 0.122. The number of H-pyrrole nitrogens is 1. The van der Waals surface area contributed by atoms with E-state index in [-0.39, 0.29) is 12.2 Å². The van der Waals surface area contributed by atoms with Crippen molar-refractivity contribution in [2.75, 3.05) is 6.61 Å². The quantitative estimate of drug-likeness (QED) is 0.574. The lowest BCUT2D eigenvalue weighted by Gasteiger charge is -2.01. The molecule has 0 saturated carbocycles. The van der Waals surface area contributed by atoms with Gasteiger partial charge in [0, 0.05) is 36.5 Å². The first-order chi connectivity index (χ1) is 12.3. The first kappa shape index (κ1) is 15.7. The van der Waals surface area contributed by atoms with Crippen LogP contribution in [0.4, 0.5) is 0 Å². The summed E-state index contributed by atoms with van der Waals surface area (Å²) in [4.78, 5) is 28.5. The molecule has 25 heavy (non-hydrogen) atoms. The Balaban J connectivity index is 1.81. The third kappa shape index (κ3) is 2.97. The van der Waals surface area contributed by atoms with Gasteiger partial charge in [0.1, 0.15) is 10.4 Å². The molecule has 0 aliphatic heterocycles. The number of pyridine rings is 1. The molecule has 2 N–H and O–H groups in total. The normalized spacial score (nSPS) is 11.2. The van der Waals surface area contributed by atoms with E-state index in [9.17, 15) is 4.79 Å². The summed E-state index contributed by atoms with van der Waals surface area (Å²) in [6, 6.07) is 5.65. The van der Waals surface area contributed by atoms with E-state index in [0.717, 1.165) is 11.3 Å². The van der Waals surface area contributed by atoms with Gasteiger partial charge in [0.2, 0.25) is 0 Å². The fraction of sp³-hybridized carbons (Fsp3) is 0.176. The molecule has 0 radical (unpaired) electrons. The van der Waals surface area contributed by atoms with Gasteiger partial charge in [0.05, 0.1) is 17.5 Å². The molecule has 0 aliphatic rings. The highest BCUT2D eigenvalue weighted by molar-refractivity contribution is 7.17. The topological polar surface area (TPSA) is 96.7 Å². The Bertz CT molecular complexity index is 1070. The van der Waals surface area contributed by atoms with Crippen LogP contribution in [0.2, 0.25) is 0 Å². The molecule has 0 aliphatic carbocycles. The molecular weight excluding hydrogens is 338 g/mol. The number of aryl methyl sites for hydroxylation is 1. The Labute approximate surface area is 146 Å². The van der Waals surface area contributed by atoms with Gasteiger partial charge in [0.15, 0.2) is 5.82 Å². The van der Waals surface area contributed by atoms with Gasteiger partial charge in [-0.1, -0.05) is 6.07 Å². The van der Waals surface area contributed by atoms with E-state index < -0.39 is 0 Å². The number of fused-ring (bicyclic) bond motifs is 1. The summed E-state index contributed by atoms with van der Waals surface area (Å²) in [5, 5.41) is 10.8. The number of hydrogen-bond donors (Lipinski definition) is 2. The number of imidazole rings is 1. The number of aromatic amines is 1. The number of aromatic nitrogens is 5. The molecule has 0 atom stereocenters. The maximum atomic E-state index is 12.4. The lowest BCUT2D eigenvalue weighted by Crippen LogP contribution is -2.08. The van der Waals surface area contributed by atoms with Crippen LogP contribution in [0.3, 0.4) is 0 Å². The van der Waals surface area contributed by atoms with E-state index in [1.807, 2.05) is 34.3 Å². The van der Waals surface area contributed by atoms with Gasteiger partial charge >= 0.3 is 0 Å². The number of aliphatic hydroxyl groups is 1. The Kier molecular flexibility index (Phi) is 4.12. The van der Waals surface area contributed by atoms with Gasteiger partial charge in [-0.15, -0.1) is 11.3 Å². The van der Waals surface area contributed by atoms with Crippen LogP contribution < -0.4 is 5.56 Å². The smallest absolute Gasteiger partial charge is 0.269 e. The summed E-state index contributed by atoms with van der Waals surface area (Å²) in [5.41, 5.74) is 2.67.